The van der Waals surface area contributed by atoms with Crippen LogP contribution in [0.2, 0.25) is 0 Å². The second kappa shape index (κ2) is 9.91. The van der Waals surface area contributed by atoms with E-state index in [2.05, 4.69) is 58.0 Å². The van der Waals surface area contributed by atoms with Gasteiger partial charge in [0.15, 0.2) is 5.78 Å². The Kier molecular flexibility index (Phi) is 5.97. The third-order valence-corrected chi connectivity index (χ3v) is 8.19. The zero-order chi connectivity index (χ0) is 26.2. The van der Waals surface area contributed by atoms with Crippen LogP contribution in [0, 0.1) is 11.8 Å². The Balaban J connectivity index is 1.36. The highest BCUT2D eigenvalue weighted by molar-refractivity contribution is 6.10. The van der Waals surface area contributed by atoms with Gasteiger partial charge in [-0.1, -0.05) is 72.8 Å². The lowest BCUT2D eigenvalue weighted by molar-refractivity contribution is -0.118. The van der Waals surface area contributed by atoms with Gasteiger partial charge in [0.2, 0.25) is 0 Å². The van der Waals surface area contributed by atoms with Crippen LogP contribution in [0.5, 0.6) is 0 Å². The largest absolute Gasteiger partial charge is 0.375 e. The van der Waals surface area contributed by atoms with E-state index in [1.165, 1.54) is 0 Å². The SMILES string of the molecule is O=C1CC2C(C1Nc1ccccc1)C1C(=Nc3ccccc3)C(Nc3ccccc3)=CC1N2c1ccccc1. The molecule has 1 heterocycles. The third kappa shape index (κ3) is 4.30. The first-order valence-corrected chi connectivity index (χ1v) is 13.6. The van der Waals surface area contributed by atoms with Gasteiger partial charge in [0.1, 0.15) is 0 Å². The van der Waals surface area contributed by atoms with Gasteiger partial charge < -0.3 is 15.5 Å². The summed E-state index contributed by atoms with van der Waals surface area (Å²) in [6.45, 7) is 0. The predicted octanol–water partition coefficient (Wildman–Crippen LogP) is 6.71. The number of aliphatic imine (C=N–C) groups is 1. The van der Waals surface area contributed by atoms with Gasteiger partial charge in [-0.2, -0.15) is 0 Å². The van der Waals surface area contributed by atoms with E-state index in [1.54, 1.807) is 0 Å². The summed E-state index contributed by atoms with van der Waals surface area (Å²) in [6, 6.07) is 40.9. The average Bonchev–Trinajstić information content (AvgIpc) is 3.58. The number of fused-ring (bicyclic) bond motifs is 3. The van der Waals surface area contributed by atoms with Gasteiger partial charge in [0.05, 0.1) is 29.2 Å². The molecule has 2 aliphatic carbocycles. The Morgan fingerprint density at radius 2 is 1.31 bits per heavy atom. The zero-order valence-electron chi connectivity index (χ0n) is 21.5. The molecule has 1 aliphatic heterocycles. The summed E-state index contributed by atoms with van der Waals surface area (Å²) in [5.41, 5.74) is 6.08. The lowest BCUT2D eigenvalue weighted by Gasteiger charge is -2.30. The lowest BCUT2D eigenvalue weighted by Crippen LogP contribution is -2.39. The summed E-state index contributed by atoms with van der Waals surface area (Å²) in [4.78, 5) is 21.4. The van der Waals surface area contributed by atoms with Gasteiger partial charge >= 0.3 is 0 Å². The fourth-order valence-electron chi connectivity index (χ4n) is 6.64. The summed E-state index contributed by atoms with van der Waals surface area (Å²) in [6.07, 6.45) is 2.85. The van der Waals surface area contributed by atoms with Gasteiger partial charge in [-0.25, -0.2) is 0 Å². The Bertz CT molecular complexity index is 1520. The number of Topliss-reactive ketones (excluding diaryl/α,β-unsaturated/α-hetero) is 1. The van der Waals surface area contributed by atoms with Crippen molar-refractivity contribution in [1.29, 1.82) is 0 Å². The van der Waals surface area contributed by atoms with E-state index in [0.29, 0.717) is 6.42 Å². The van der Waals surface area contributed by atoms with Gasteiger partial charge in [0.25, 0.3) is 0 Å². The van der Waals surface area contributed by atoms with Crippen LogP contribution < -0.4 is 15.5 Å². The molecule has 5 atom stereocenters. The first-order valence-electron chi connectivity index (χ1n) is 13.6. The number of carbonyl (C=O) groups excluding carboxylic acids is 1. The van der Waals surface area contributed by atoms with E-state index in [-0.39, 0.29) is 35.7 Å². The molecular formula is C34H30N4O. The molecule has 5 nitrogen and oxygen atoms in total. The molecule has 0 spiro atoms. The summed E-state index contributed by atoms with van der Waals surface area (Å²) in [7, 11) is 0. The molecule has 192 valence electrons. The number of benzene rings is 4. The highest BCUT2D eigenvalue weighted by Gasteiger charge is 2.61. The second-order valence-electron chi connectivity index (χ2n) is 10.5. The van der Waals surface area contributed by atoms with Crippen molar-refractivity contribution in [2.24, 2.45) is 16.8 Å². The number of para-hydroxylation sites is 4. The van der Waals surface area contributed by atoms with Gasteiger partial charge in [-0.05, 0) is 54.6 Å². The minimum absolute atomic E-state index is 0.0503. The fraction of sp³-hybridized carbons (Fsp3) is 0.176. The minimum Gasteiger partial charge on any atom is -0.375 e. The number of nitrogens with one attached hydrogen (secondary N) is 2. The number of hydrogen-bond acceptors (Lipinski definition) is 5. The molecule has 5 unspecified atom stereocenters. The molecule has 7 rings (SSSR count). The third-order valence-electron chi connectivity index (χ3n) is 8.19. The van der Waals surface area contributed by atoms with Crippen molar-refractivity contribution in [3.8, 4) is 0 Å². The van der Waals surface area contributed by atoms with E-state index < -0.39 is 0 Å². The Labute approximate surface area is 228 Å². The van der Waals surface area contributed by atoms with E-state index in [4.69, 9.17) is 4.99 Å². The van der Waals surface area contributed by atoms with Gasteiger partial charge in [-0.15, -0.1) is 0 Å². The molecule has 0 aromatic heterocycles. The normalized spacial score (nSPS) is 26.3. The number of rotatable bonds is 6. The van der Waals surface area contributed by atoms with Crippen LogP contribution >= 0.6 is 0 Å². The molecule has 2 fully saturated rings. The van der Waals surface area contributed by atoms with E-state index >= 15 is 0 Å². The fourth-order valence-corrected chi connectivity index (χ4v) is 6.64. The van der Waals surface area contributed by atoms with Gasteiger partial charge in [0, 0.05) is 41.4 Å². The minimum atomic E-state index is -0.288. The van der Waals surface area contributed by atoms with Crippen LogP contribution in [0.1, 0.15) is 6.42 Å². The maximum absolute atomic E-state index is 13.6. The van der Waals surface area contributed by atoms with Gasteiger partial charge in [-0.3, -0.25) is 9.79 Å². The molecule has 0 amide bonds. The molecule has 2 N–H and O–H groups in total. The summed E-state index contributed by atoms with van der Waals surface area (Å²) < 4.78 is 0. The summed E-state index contributed by atoms with van der Waals surface area (Å²) >= 11 is 0. The lowest BCUT2D eigenvalue weighted by atomic mass is 9.84. The summed E-state index contributed by atoms with van der Waals surface area (Å²) in [5, 5.41) is 7.29. The first-order chi connectivity index (χ1) is 19.3. The van der Waals surface area contributed by atoms with Crippen molar-refractivity contribution in [3.63, 3.8) is 0 Å². The van der Waals surface area contributed by atoms with Crippen LogP contribution in [-0.4, -0.2) is 29.6 Å². The average molecular weight is 511 g/mol. The standard InChI is InChI=1S/C34H30N4O/c39-30-22-29-32(34(30)37-25-17-9-3-10-18-25)31-28(38(29)26-19-11-4-12-20-26)21-27(35-23-13-5-1-6-14-23)33(31)36-24-15-7-2-8-16-24/h1-21,28-29,31-32,34-35,37H,22H2. The Morgan fingerprint density at radius 3 is 1.97 bits per heavy atom. The maximum Gasteiger partial charge on any atom is 0.157 e. The van der Waals surface area contributed by atoms with Crippen LogP contribution in [0.3, 0.4) is 0 Å². The molecule has 1 saturated carbocycles. The number of hydrogen-bond donors (Lipinski definition) is 2. The molecule has 4 aromatic rings. The number of ketones is 1. The Hall–Kier alpha value is -4.64. The van der Waals surface area contributed by atoms with Crippen LogP contribution in [0.4, 0.5) is 22.7 Å². The number of nitrogens with zero attached hydrogens (tertiary/aromatic N) is 2. The number of allylic oxidation sites excluding steroid dienone is 1. The molecule has 4 aromatic carbocycles. The van der Waals surface area contributed by atoms with Crippen molar-refractivity contribution in [3.05, 3.63) is 133 Å². The molecule has 39 heavy (non-hydrogen) atoms. The summed E-state index contributed by atoms with van der Waals surface area (Å²) in [5.74, 6) is 0.378. The molecule has 1 saturated heterocycles. The molecule has 0 radical (unpaired) electrons. The van der Waals surface area contributed by atoms with E-state index in [0.717, 1.165) is 34.2 Å². The Morgan fingerprint density at radius 1 is 0.718 bits per heavy atom. The first kappa shape index (κ1) is 23.5. The predicted molar refractivity (Wildman–Crippen MR) is 159 cm³/mol. The highest BCUT2D eigenvalue weighted by atomic mass is 16.1. The number of carbonyl (C=O) groups is 1. The van der Waals surface area contributed by atoms with Crippen LogP contribution in [0.15, 0.2) is 138 Å². The molecule has 3 aliphatic rings. The topological polar surface area (TPSA) is 56.7 Å². The maximum atomic E-state index is 13.6. The monoisotopic (exact) mass is 510 g/mol. The van der Waals surface area contributed by atoms with Crippen molar-refractivity contribution in [2.45, 2.75) is 24.5 Å². The van der Waals surface area contributed by atoms with Crippen molar-refractivity contribution in [1.82, 2.24) is 0 Å². The second-order valence-corrected chi connectivity index (χ2v) is 10.5. The zero-order valence-corrected chi connectivity index (χ0v) is 21.5. The van der Waals surface area contributed by atoms with Crippen LogP contribution in [-0.2, 0) is 4.79 Å². The van der Waals surface area contributed by atoms with Crippen molar-refractivity contribution >= 4 is 34.2 Å². The highest BCUT2D eigenvalue weighted by Crippen LogP contribution is 2.51. The van der Waals surface area contributed by atoms with E-state index in [1.807, 2.05) is 84.9 Å². The smallest absolute Gasteiger partial charge is 0.157 e. The van der Waals surface area contributed by atoms with E-state index in [9.17, 15) is 4.79 Å². The van der Waals surface area contributed by atoms with Crippen molar-refractivity contribution < 1.29 is 4.79 Å². The van der Waals surface area contributed by atoms with Crippen molar-refractivity contribution in [2.75, 3.05) is 15.5 Å². The number of anilines is 3. The quantitative estimate of drug-likeness (QED) is 0.303. The van der Waals surface area contributed by atoms with Crippen LogP contribution in [0.25, 0.3) is 0 Å². The molecular weight excluding hydrogens is 480 g/mol. The molecule has 5 heteroatoms. The molecule has 0 bridgehead atoms.